The Bertz CT molecular complexity index is 1000. The Morgan fingerprint density at radius 1 is 1.07 bits per heavy atom. The van der Waals surface area contributed by atoms with E-state index in [-0.39, 0.29) is 30.7 Å². The summed E-state index contributed by atoms with van der Waals surface area (Å²) in [5.74, 6) is 0.211. The van der Waals surface area contributed by atoms with Gasteiger partial charge in [0.2, 0.25) is 5.91 Å². The molecule has 6 heteroatoms. The lowest BCUT2D eigenvalue weighted by molar-refractivity contribution is -0.117. The third-order valence-electron chi connectivity index (χ3n) is 5.04. The number of rotatable bonds is 7. The van der Waals surface area contributed by atoms with Crippen LogP contribution in [0.1, 0.15) is 42.7 Å². The number of aryl methyl sites for hydroxylation is 2. The maximum absolute atomic E-state index is 11.2. The van der Waals surface area contributed by atoms with Crippen LogP contribution in [-0.4, -0.2) is 10.9 Å². The van der Waals surface area contributed by atoms with Crippen molar-refractivity contribution in [2.45, 2.75) is 46.6 Å². The van der Waals surface area contributed by atoms with Crippen LogP contribution in [0, 0.1) is 12.8 Å². The predicted molar refractivity (Wildman–Crippen MR) is 130 cm³/mol. The molecule has 1 heterocycles. The molecule has 0 saturated carbocycles. The van der Waals surface area contributed by atoms with Crippen LogP contribution in [0.3, 0.4) is 0 Å². The highest BCUT2D eigenvalue weighted by atomic mass is 35.5. The summed E-state index contributed by atoms with van der Waals surface area (Å²) in [6.45, 7) is 6.93. The zero-order valence-electron chi connectivity index (χ0n) is 17.8. The van der Waals surface area contributed by atoms with Crippen LogP contribution in [0.4, 0.5) is 0 Å². The molecule has 30 heavy (non-hydrogen) atoms. The van der Waals surface area contributed by atoms with Gasteiger partial charge in [-0.05, 0) is 60.1 Å². The van der Waals surface area contributed by atoms with E-state index in [0.717, 1.165) is 45.3 Å². The predicted octanol–water partition coefficient (Wildman–Crippen LogP) is 5.13. The topological polar surface area (TPSA) is 82.0 Å². The molecule has 0 aliphatic heterocycles. The molecule has 0 aliphatic carbocycles. The Kier molecular flexibility index (Phi) is 9.76. The van der Waals surface area contributed by atoms with Crippen LogP contribution in [0.5, 0.6) is 0 Å². The van der Waals surface area contributed by atoms with Gasteiger partial charge in [-0.3, -0.25) is 9.78 Å². The normalized spacial score (nSPS) is 10.6. The Morgan fingerprint density at radius 2 is 1.73 bits per heavy atom. The van der Waals surface area contributed by atoms with Crippen molar-refractivity contribution in [3.8, 4) is 11.1 Å². The average Bonchev–Trinajstić information content (AvgIpc) is 2.65. The second-order valence-corrected chi connectivity index (χ2v) is 7.90. The van der Waals surface area contributed by atoms with Crippen LogP contribution in [0.15, 0.2) is 42.5 Å². The molecule has 0 bridgehead atoms. The highest BCUT2D eigenvalue weighted by Crippen LogP contribution is 2.34. The fourth-order valence-electron chi connectivity index (χ4n) is 3.65. The van der Waals surface area contributed by atoms with E-state index in [0.29, 0.717) is 25.3 Å². The lowest BCUT2D eigenvalue weighted by Gasteiger charge is -2.18. The smallest absolute Gasteiger partial charge is 0.217 e. The molecule has 0 aliphatic rings. The van der Waals surface area contributed by atoms with E-state index >= 15 is 0 Å². The Labute approximate surface area is 191 Å². The quantitative estimate of drug-likeness (QED) is 0.526. The summed E-state index contributed by atoms with van der Waals surface area (Å²) in [5, 5.41) is 1.08. The van der Waals surface area contributed by atoms with Crippen molar-refractivity contribution in [2.24, 2.45) is 17.4 Å². The number of benzene rings is 2. The molecule has 0 atom stereocenters. The number of fused-ring (bicyclic) bond motifs is 1. The molecule has 4 N–H and O–H groups in total. The number of carbonyl (C=O) groups excluding carboxylic acids is 1. The van der Waals surface area contributed by atoms with Crippen molar-refractivity contribution >= 4 is 41.6 Å². The zero-order valence-corrected chi connectivity index (χ0v) is 19.4. The van der Waals surface area contributed by atoms with Gasteiger partial charge in [0.25, 0.3) is 0 Å². The second-order valence-electron chi connectivity index (χ2n) is 7.90. The molecule has 0 unspecified atom stereocenters. The van der Waals surface area contributed by atoms with Gasteiger partial charge in [-0.2, -0.15) is 0 Å². The summed E-state index contributed by atoms with van der Waals surface area (Å²) < 4.78 is 0. The summed E-state index contributed by atoms with van der Waals surface area (Å²) >= 11 is 0. The first kappa shape index (κ1) is 25.9. The van der Waals surface area contributed by atoms with Crippen molar-refractivity contribution in [3.05, 3.63) is 64.8 Å². The molecule has 1 aromatic heterocycles. The summed E-state index contributed by atoms with van der Waals surface area (Å²) in [5.41, 5.74) is 19.3. The monoisotopic (exact) mass is 447 g/mol. The standard InChI is InChI=1S/C24H29N3O.2ClH/c1-15(2)12-22-20(14-25)24(18-8-4-16(3)5-9-18)19-13-17(7-11-23(26)28)6-10-21(19)27-22;;/h4-6,8-10,13,15H,7,11-12,14,25H2,1-3H3,(H2,26,28);2*1H. The minimum Gasteiger partial charge on any atom is -0.370 e. The molecule has 2 aromatic carbocycles. The van der Waals surface area contributed by atoms with Gasteiger partial charge in [-0.1, -0.05) is 49.7 Å². The van der Waals surface area contributed by atoms with Gasteiger partial charge < -0.3 is 11.5 Å². The molecule has 1 amide bonds. The first-order chi connectivity index (χ1) is 13.4. The van der Waals surface area contributed by atoms with E-state index in [1.165, 1.54) is 5.56 Å². The van der Waals surface area contributed by atoms with Crippen LogP contribution < -0.4 is 11.5 Å². The molecule has 3 rings (SSSR count). The summed E-state index contributed by atoms with van der Waals surface area (Å²) in [6, 6.07) is 14.8. The number of nitrogens with two attached hydrogens (primary N) is 2. The molecule has 3 aromatic rings. The van der Waals surface area contributed by atoms with Gasteiger partial charge in [0.05, 0.1) is 5.52 Å². The molecule has 0 spiro atoms. The van der Waals surface area contributed by atoms with Crippen molar-refractivity contribution < 1.29 is 4.79 Å². The Hall–Kier alpha value is -2.14. The largest absolute Gasteiger partial charge is 0.370 e. The number of carbonyl (C=O) groups is 1. The van der Waals surface area contributed by atoms with E-state index < -0.39 is 0 Å². The third kappa shape index (κ3) is 5.94. The van der Waals surface area contributed by atoms with Crippen LogP contribution in [0.25, 0.3) is 22.0 Å². The van der Waals surface area contributed by atoms with Crippen molar-refractivity contribution in [2.75, 3.05) is 0 Å². The van der Waals surface area contributed by atoms with E-state index in [2.05, 4.69) is 51.1 Å². The lowest BCUT2D eigenvalue weighted by Crippen LogP contribution is -2.11. The molecule has 4 nitrogen and oxygen atoms in total. The Morgan fingerprint density at radius 3 is 2.30 bits per heavy atom. The molecule has 0 radical (unpaired) electrons. The molecule has 0 saturated heterocycles. The Balaban J connectivity index is 0.00000225. The maximum Gasteiger partial charge on any atom is 0.217 e. The molecule has 0 fully saturated rings. The molecular formula is C24H31Cl2N3O. The number of amides is 1. The highest BCUT2D eigenvalue weighted by molar-refractivity contribution is 5.97. The number of pyridine rings is 1. The third-order valence-corrected chi connectivity index (χ3v) is 5.04. The van der Waals surface area contributed by atoms with Crippen LogP contribution in [0.2, 0.25) is 0 Å². The first-order valence-corrected chi connectivity index (χ1v) is 9.88. The number of hydrogen-bond acceptors (Lipinski definition) is 3. The second kappa shape index (κ2) is 11.3. The number of halogens is 2. The van der Waals surface area contributed by atoms with Gasteiger partial charge in [0.1, 0.15) is 0 Å². The van der Waals surface area contributed by atoms with Gasteiger partial charge in [-0.25, -0.2) is 0 Å². The average molecular weight is 448 g/mol. The fourth-order valence-corrected chi connectivity index (χ4v) is 3.65. The molecular weight excluding hydrogens is 417 g/mol. The SMILES string of the molecule is Cc1ccc(-c2c(CN)c(CC(C)C)nc3ccc(CCC(N)=O)cc23)cc1.Cl.Cl. The fraction of sp³-hybridized carbons (Fsp3) is 0.333. The highest BCUT2D eigenvalue weighted by Gasteiger charge is 2.17. The minimum atomic E-state index is -0.285. The number of primary amides is 1. The van der Waals surface area contributed by atoms with Crippen LogP contribution in [-0.2, 0) is 24.2 Å². The van der Waals surface area contributed by atoms with E-state index in [1.54, 1.807) is 0 Å². The number of hydrogen-bond donors (Lipinski definition) is 2. The zero-order chi connectivity index (χ0) is 20.3. The van der Waals surface area contributed by atoms with Gasteiger partial charge in [-0.15, -0.1) is 24.8 Å². The molecule has 162 valence electrons. The number of nitrogens with zero attached hydrogens (tertiary/aromatic N) is 1. The van der Waals surface area contributed by atoms with Crippen LogP contribution >= 0.6 is 24.8 Å². The van der Waals surface area contributed by atoms with Crippen molar-refractivity contribution in [3.63, 3.8) is 0 Å². The lowest BCUT2D eigenvalue weighted by atomic mass is 9.90. The van der Waals surface area contributed by atoms with Gasteiger partial charge in [0.15, 0.2) is 0 Å². The van der Waals surface area contributed by atoms with E-state index in [4.69, 9.17) is 16.5 Å². The van der Waals surface area contributed by atoms with E-state index in [9.17, 15) is 4.79 Å². The van der Waals surface area contributed by atoms with Gasteiger partial charge >= 0.3 is 0 Å². The summed E-state index contributed by atoms with van der Waals surface area (Å²) in [7, 11) is 0. The number of aromatic nitrogens is 1. The summed E-state index contributed by atoms with van der Waals surface area (Å²) in [4.78, 5) is 16.2. The van der Waals surface area contributed by atoms with Gasteiger partial charge in [0, 0.05) is 24.0 Å². The van der Waals surface area contributed by atoms with E-state index in [1.807, 2.05) is 12.1 Å². The minimum absolute atomic E-state index is 0. The van der Waals surface area contributed by atoms with Crippen molar-refractivity contribution in [1.82, 2.24) is 4.98 Å². The summed E-state index contributed by atoms with van der Waals surface area (Å²) in [6.07, 6.45) is 1.86. The van der Waals surface area contributed by atoms with Crippen molar-refractivity contribution in [1.29, 1.82) is 0 Å². The first-order valence-electron chi connectivity index (χ1n) is 9.88. The maximum atomic E-state index is 11.2.